The molecule has 4 rings (SSSR count). The molecule has 4 N–H and O–H groups in total. The second kappa shape index (κ2) is 12.9. The SMILES string of the molecule is CCN(CC)CCOc1ccc(C2(N)N=CC(c3ccccc3SC)=C(Nc3ccccc3OC)N2)cc1. The summed E-state index contributed by atoms with van der Waals surface area (Å²) in [6, 6.07) is 23.9. The molecule has 1 unspecified atom stereocenters. The quantitative estimate of drug-likeness (QED) is 0.271. The van der Waals surface area contributed by atoms with Crippen molar-refractivity contribution in [2.24, 2.45) is 10.7 Å². The summed E-state index contributed by atoms with van der Waals surface area (Å²) in [5.41, 5.74) is 10.5. The minimum Gasteiger partial charge on any atom is -0.495 e. The zero-order valence-corrected chi connectivity index (χ0v) is 23.3. The van der Waals surface area contributed by atoms with Gasteiger partial charge in [-0.3, -0.25) is 5.73 Å². The minimum atomic E-state index is -1.16. The second-order valence-corrected chi connectivity index (χ2v) is 9.71. The highest BCUT2D eigenvalue weighted by Gasteiger charge is 2.32. The first-order chi connectivity index (χ1) is 18.5. The maximum Gasteiger partial charge on any atom is 0.210 e. The van der Waals surface area contributed by atoms with E-state index in [1.165, 1.54) is 0 Å². The summed E-state index contributed by atoms with van der Waals surface area (Å²) in [7, 11) is 1.66. The van der Waals surface area contributed by atoms with Crippen LogP contribution in [0.1, 0.15) is 25.0 Å². The molecule has 1 aliphatic rings. The van der Waals surface area contributed by atoms with Crippen molar-refractivity contribution in [3.05, 3.63) is 89.7 Å². The number of hydrogen-bond donors (Lipinski definition) is 3. The summed E-state index contributed by atoms with van der Waals surface area (Å²) >= 11 is 1.69. The van der Waals surface area contributed by atoms with Crippen molar-refractivity contribution < 1.29 is 9.47 Å². The van der Waals surface area contributed by atoms with Crippen molar-refractivity contribution in [3.8, 4) is 11.5 Å². The zero-order valence-electron chi connectivity index (χ0n) is 22.5. The number of nitrogens with zero attached hydrogens (tertiary/aromatic N) is 2. The fraction of sp³-hybridized carbons (Fsp3) is 0.300. The van der Waals surface area contributed by atoms with Crippen LogP contribution in [-0.2, 0) is 5.79 Å². The smallest absolute Gasteiger partial charge is 0.210 e. The van der Waals surface area contributed by atoms with E-state index < -0.39 is 5.79 Å². The standard InChI is InChI=1S/C30H37N5O2S/c1-5-35(6-2)19-20-37-23-17-15-22(16-18-23)30(31)32-21-25(24-11-7-10-14-28(24)38-4)29(34-30)33-26-12-8-9-13-27(26)36-3/h7-18,21,33-34H,5-6,19-20,31H2,1-4H3. The molecule has 0 aromatic heterocycles. The summed E-state index contributed by atoms with van der Waals surface area (Å²) < 4.78 is 11.5. The first-order valence-corrected chi connectivity index (χ1v) is 14.1. The number of aliphatic imine (C=N–C) groups is 1. The van der Waals surface area contributed by atoms with Crippen LogP contribution in [0.15, 0.2) is 88.5 Å². The first kappa shape index (κ1) is 27.6. The van der Waals surface area contributed by atoms with Gasteiger partial charge in [0.1, 0.15) is 23.9 Å². The predicted molar refractivity (Wildman–Crippen MR) is 159 cm³/mol. The van der Waals surface area contributed by atoms with Gasteiger partial charge in [0.2, 0.25) is 5.79 Å². The lowest BCUT2D eigenvalue weighted by atomic mass is 10.0. The van der Waals surface area contributed by atoms with E-state index in [0.29, 0.717) is 6.61 Å². The molecule has 0 saturated carbocycles. The van der Waals surface area contributed by atoms with Crippen molar-refractivity contribution in [2.75, 3.05) is 44.9 Å². The van der Waals surface area contributed by atoms with Gasteiger partial charge in [-0.15, -0.1) is 11.8 Å². The lowest BCUT2D eigenvalue weighted by Crippen LogP contribution is -2.51. The molecule has 38 heavy (non-hydrogen) atoms. The van der Waals surface area contributed by atoms with Crippen molar-refractivity contribution >= 4 is 29.2 Å². The number of benzene rings is 3. The van der Waals surface area contributed by atoms with Crippen molar-refractivity contribution in [1.82, 2.24) is 10.2 Å². The molecular weight excluding hydrogens is 494 g/mol. The Balaban J connectivity index is 1.62. The molecule has 0 fully saturated rings. The van der Waals surface area contributed by atoms with Gasteiger partial charge in [-0.25, -0.2) is 4.99 Å². The minimum absolute atomic E-state index is 0.638. The number of nitrogens with two attached hydrogens (primary N) is 1. The molecule has 0 bridgehead atoms. The van der Waals surface area contributed by atoms with Crippen molar-refractivity contribution in [1.29, 1.82) is 0 Å². The summed E-state index contributed by atoms with van der Waals surface area (Å²) in [4.78, 5) is 8.27. The van der Waals surface area contributed by atoms with Crippen LogP contribution in [0.4, 0.5) is 5.69 Å². The highest BCUT2D eigenvalue weighted by molar-refractivity contribution is 7.98. The van der Waals surface area contributed by atoms with E-state index in [1.807, 2.05) is 66.9 Å². The number of allylic oxidation sites excluding steroid dienone is 1. The lowest BCUT2D eigenvalue weighted by Gasteiger charge is -2.34. The topological polar surface area (TPSA) is 84.1 Å². The maximum absolute atomic E-state index is 6.86. The molecule has 0 spiro atoms. The molecule has 0 aliphatic carbocycles. The van der Waals surface area contributed by atoms with Crippen LogP contribution < -0.4 is 25.8 Å². The van der Waals surface area contributed by atoms with Crippen LogP contribution in [0, 0.1) is 0 Å². The van der Waals surface area contributed by atoms with Crippen LogP contribution in [-0.4, -0.2) is 50.7 Å². The Morgan fingerprint density at radius 3 is 2.42 bits per heavy atom. The summed E-state index contributed by atoms with van der Waals surface area (Å²) in [6.45, 7) is 7.88. The Labute approximate surface area is 230 Å². The highest BCUT2D eigenvalue weighted by Crippen LogP contribution is 2.34. The van der Waals surface area contributed by atoms with Gasteiger partial charge in [0.15, 0.2) is 0 Å². The monoisotopic (exact) mass is 531 g/mol. The number of thioether (sulfide) groups is 1. The molecule has 1 heterocycles. The molecule has 0 radical (unpaired) electrons. The van der Waals surface area contributed by atoms with Gasteiger partial charge in [0.05, 0.1) is 12.8 Å². The Kier molecular flexibility index (Phi) is 9.33. The number of anilines is 1. The molecule has 200 valence electrons. The van der Waals surface area contributed by atoms with E-state index in [0.717, 1.165) is 64.2 Å². The second-order valence-electron chi connectivity index (χ2n) is 8.86. The zero-order chi connectivity index (χ0) is 27.0. The molecule has 0 saturated heterocycles. The van der Waals surface area contributed by atoms with Crippen LogP contribution in [0.25, 0.3) is 5.57 Å². The van der Waals surface area contributed by atoms with Gasteiger partial charge in [-0.2, -0.15) is 0 Å². The Morgan fingerprint density at radius 2 is 1.71 bits per heavy atom. The molecule has 3 aromatic rings. The fourth-order valence-corrected chi connectivity index (χ4v) is 4.97. The van der Waals surface area contributed by atoms with E-state index in [2.05, 4.69) is 47.8 Å². The van der Waals surface area contributed by atoms with E-state index >= 15 is 0 Å². The average molecular weight is 532 g/mol. The molecule has 3 aromatic carbocycles. The number of ether oxygens (including phenoxy) is 2. The molecule has 0 amide bonds. The van der Waals surface area contributed by atoms with Crippen LogP contribution in [0.2, 0.25) is 0 Å². The predicted octanol–water partition coefficient (Wildman–Crippen LogP) is 5.36. The van der Waals surface area contributed by atoms with Gasteiger partial charge < -0.3 is 25.0 Å². The third kappa shape index (κ3) is 6.32. The number of hydrogen-bond acceptors (Lipinski definition) is 8. The van der Waals surface area contributed by atoms with Crippen LogP contribution in [0.5, 0.6) is 11.5 Å². The van der Waals surface area contributed by atoms with E-state index in [4.69, 9.17) is 20.2 Å². The van der Waals surface area contributed by atoms with E-state index in [1.54, 1.807) is 18.9 Å². The third-order valence-corrected chi connectivity index (χ3v) is 7.41. The van der Waals surface area contributed by atoms with Crippen LogP contribution >= 0.6 is 11.8 Å². The largest absolute Gasteiger partial charge is 0.495 e. The first-order valence-electron chi connectivity index (χ1n) is 12.9. The number of methoxy groups -OCH3 is 1. The van der Waals surface area contributed by atoms with E-state index in [-0.39, 0.29) is 0 Å². The molecular formula is C30H37N5O2S. The fourth-order valence-electron chi connectivity index (χ4n) is 4.36. The molecule has 1 atom stereocenters. The maximum atomic E-state index is 6.86. The lowest BCUT2D eigenvalue weighted by molar-refractivity contribution is 0.222. The normalized spacial score (nSPS) is 16.9. The highest BCUT2D eigenvalue weighted by atomic mass is 32.2. The summed E-state index contributed by atoms with van der Waals surface area (Å²) in [5, 5.41) is 6.99. The van der Waals surface area contributed by atoms with Crippen molar-refractivity contribution in [3.63, 3.8) is 0 Å². The number of nitrogens with one attached hydrogen (secondary N) is 2. The average Bonchev–Trinajstić information content (AvgIpc) is 2.96. The van der Waals surface area contributed by atoms with Gasteiger partial charge in [0, 0.05) is 34.4 Å². The van der Waals surface area contributed by atoms with E-state index in [9.17, 15) is 0 Å². The number of rotatable bonds is 12. The molecule has 7 nitrogen and oxygen atoms in total. The van der Waals surface area contributed by atoms with Gasteiger partial charge >= 0.3 is 0 Å². The van der Waals surface area contributed by atoms with Gasteiger partial charge in [-0.05, 0) is 61.8 Å². The Bertz CT molecular complexity index is 1270. The third-order valence-electron chi connectivity index (χ3n) is 6.61. The summed E-state index contributed by atoms with van der Waals surface area (Å²) in [5.74, 6) is 1.12. The molecule has 1 aliphatic heterocycles. The van der Waals surface area contributed by atoms with Gasteiger partial charge in [-0.1, -0.05) is 44.2 Å². The number of para-hydroxylation sites is 2. The number of likely N-dealkylation sites (N-methyl/N-ethyl adjacent to an activating group) is 1. The Hall–Kier alpha value is -3.46. The summed E-state index contributed by atoms with van der Waals surface area (Å²) in [6.07, 6.45) is 3.91. The Morgan fingerprint density at radius 1 is 1.00 bits per heavy atom. The van der Waals surface area contributed by atoms with Crippen molar-refractivity contribution in [2.45, 2.75) is 24.5 Å². The molecule has 8 heteroatoms. The van der Waals surface area contributed by atoms with Crippen LogP contribution in [0.3, 0.4) is 0 Å². The van der Waals surface area contributed by atoms with Gasteiger partial charge in [0.25, 0.3) is 0 Å².